The van der Waals surface area contributed by atoms with E-state index in [0.717, 1.165) is 42.3 Å². The Morgan fingerprint density at radius 2 is 0.973 bits per heavy atom. The number of methoxy groups -OCH3 is 4. The molecule has 0 aromatic rings. The summed E-state index contributed by atoms with van der Waals surface area (Å²) in [6, 6.07) is -3.19. The number of sulfone groups is 1. The van der Waals surface area contributed by atoms with Gasteiger partial charge in [-0.2, -0.15) is 16.8 Å². The van der Waals surface area contributed by atoms with Gasteiger partial charge in [0.15, 0.2) is 47.2 Å². The number of ether oxygens (including phenoxy) is 12. The van der Waals surface area contributed by atoms with Gasteiger partial charge in [0.2, 0.25) is 11.8 Å². The van der Waals surface area contributed by atoms with Gasteiger partial charge in [0.1, 0.15) is 85.3 Å². The quantitative estimate of drug-likeness (QED) is 0.0284. The predicted molar refractivity (Wildman–Crippen MR) is 228 cm³/mol. The first kappa shape index (κ1) is 62.5. The summed E-state index contributed by atoms with van der Waals surface area (Å²) in [6.45, 7) is -1.34. The molecule has 2 amide bonds. The second-order valence-electron chi connectivity index (χ2n) is 16.3. The van der Waals surface area contributed by atoms with Crippen LogP contribution in [0, 0.1) is 0 Å². The lowest BCUT2D eigenvalue weighted by Crippen LogP contribution is -2.69. The minimum atomic E-state index is -5.49. The third-order valence-electron chi connectivity index (χ3n) is 11.3. The van der Waals surface area contributed by atoms with E-state index in [-0.39, 0.29) is 0 Å². The Balaban J connectivity index is 1.55. The van der Waals surface area contributed by atoms with Gasteiger partial charge in [-0.3, -0.25) is 18.7 Å². The monoisotopic (exact) mass is 1130 g/mol. The fourth-order valence-electron chi connectivity index (χ4n) is 8.23. The molecule has 20 unspecified atom stereocenters. The van der Waals surface area contributed by atoms with Crippen LogP contribution in [0.2, 0.25) is 0 Å². The Morgan fingerprint density at radius 3 is 1.41 bits per heavy atom. The first-order chi connectivity index (χ1) is 34.0. The van der Waals surface area contributed by atoms with E-state index in [9.17, 15) is 84.2 Å². The number of rotatable bonds is 26. The number of carbonyl (C=O) groups is 4. The molecule has 0 radical (unpaired) electrons. The number of hydrogen-bond donors (Lipinski definition) is 10. The second kappa shape index (κ2) is 26.8. The number of hydrogen-bond acceptors (Lipinski definition) is 28. The molecule has 4 rings (SSSR count). The number of carboxylic acids is 2. The van der Waals surface area contributed by atoms with Crippen LogP contribution < -0.4 is 10.6 Å². The average molecular weight is 1130 g/mol. The summed E-state index contributed by atoms with van der Waals surface area (Å²) in [5, 5.41) is 66.7. The van der Waals surface area contributed by atoms with Crippen molar-refractivity contribution in [3.63, 3.8) is 0 Å². The number of aliphatic hydroxyl groups excluding tert-OH is 4. The minimum Gasteiger partial charge on any atom is -0.479 e. The van der Waals surface area contributed by atoms with Crippen LogP contribution in [0.3, 0.4) is 0 Å². The Bertz CT molecular complexity index is 2190. The molecule has 0 aromatic carbocycles. The minimum absolute atomic E-state index is 0.717. The highest BCUT2D eigenvalue weighted by Gasteiger charge is 2.57. The lowest BCUT2D eigenvalue weighted by Gasteiger charge is -2.48. The number of amides is 2. The zero-order chi connectivity index (χ0) is 54.9. The van der Waals surface area contributed by atoms with Crippen molar-refractivity contribution in [1.82, 2.24) is 10.6 Å². The lowest BCUT2D eigenvalue weighted by atomic mass is 9.95. The van der Waals surface area contributed by atoms with E-state index in [1.165, 1.54) is 0 Å². The van der Waals surface area contributed by atoms with Crippen molar-refractivity contribution >= 4 is 54.4 Å². The number of aliphatic hydroxyl groups is 4. The maximum atomic E-state index is 13.4. The number of carboxylic acid groups (broad SMARTS) is 2. The van der Waals surface area contributed by atoms with E-state index in [1.807, 2.05) is 0 Å². The molecular formula is C36H60N2O32S3. The molecule has 34 nitrogen and oxygen atoms in total. The number of nitrogens with one attached hydrogen (secondary N) is 2. The average Bonchev–Trinajstić information content (AvgIpc) is 3.27. The van der Waals surface area contributed by atoms with E-state index >= 15 is 0 Å². The molecule has 10 N–H and O–H groups in total. The SMILES string of the molecule is COC1OC(COCCS(=O)(=O)CCOC2C(OC3C(NC(C)=O)C(OC)OC(CO)C3OS(=O)(=O)O)OC(C(=O)O)C(O)C2OC)C(OS(=O)(=O)O)C(OC2OC(C(=O)O)C(O)C(OC)C2O)C1NC(C)=O. The third kappa shape index (κ3) is 16.7. The summed E-state index contributed by atoms with van der Waals surface area (Å²) >= 11 is 0. The van der Waals surface area contributed by atoms with Gasteiger partial charge < -0.3 is 98.1 Å². The van der Waals surface area contributed by atoms with Crippen LogP contribution >= 0.6 is 0 Å². The maximum Gasteiger partial charge on any atom is 0.397 e. The topological polar surface area (TPSA) is 486 Å². The second-order valence-corrected chi connectivity index (χ2v) is 20.7. The van der Waals surface area contributed by atoms with Crippen LogP contribution in [-0.4, -0.2) is 278 Å². The molecule has 424 valence electrons. The van der Waals surface area contributed by atoms with Crippen LogP contribution in [-0.2, 0) is 115 Å². The van der Waals surface area contributed by atoms with Crippen molar-refractivity contribution in [3.05, 3.63) is 0 Å². The molecule has 20 atom stereocenters. The first-order valence-corrected chi connectivity index (χ1v) is 26.0. The fourth-order valence-corrected chi connectivity index (χ4v) is 10.2. The molecule has 0 aliphatic carbocycles. The number of carbonyl (C=O) groups excluding carboxylic acids is 2. The molecule has 4 aliphatic rings. The molecule has 73 heavy (non-hydrogen) atoms. The van der Waals surface area contributed by atoms with Gasteiger partial charge >= 0.3 is 32.7 Å². The summed E-state index contributed by atoms with van der Waals surface area (Å²) < 4.78 is 170. The molecule has 0 spiro atoms. The summed E-state index contributed by atoms with van der Waals surface area (Å²) in [6.07, 6.45) is -34.3. The highest BCUT2D eigenvalue weighted by Crippen LogP contribution is 2.35. The van der Waals surface area contributed by atoms with Gasteiger partial charge in [-0.25, -0.2) is 26.4 Å². The molecule has 4 fully saturated rings. The van der Waals surface area contributed by atoms with Crippen molar-refractivity contribution < 1.29 is 149 Å². The first-order valence-electron chi connectivity index (χ1n) is 21.4. The van der Waals surface area contributed by atoms with Gasteiger partial charge in [-0.05, 0) is 0 Å². The predicted octanol–water partition coefficient (Wildman–Crippen LogP) is -7.57. The fraction of sp³-hybridized carbons (Fsp3) is 0.889. The molecule has 4 aliphatic heterocycles. The van der Waals surface area contributed by atoms with E-state index in [0.29, 0.717) is 0 Å². The van der Waals surface area contributed by atoms with Crippen LogP contribution in [0.4, 0.5) is 0 Å². The highest BCUT2D eigenvalue weighted by molar-refractivity contribution is 7.91. The molecule has 37 heteroatoms. The van der Waals surface area contributed by atoms with Gasteiger partial charge in [0, 0.05) is 42.3 Å². The molecule has 0 saturated carbocycles. The standard InChI is InChI=1S/C36H60N2O32S3/c1-13(40)37-17-24(22(69-72(51,52)53)15(11-39)63-33(17)59-5)66-36-30(27(58-4)20(43)29(68-36)32(47)48)62-8-10-71(49,50)9-7-61-12-16-23(70-73(54,55)56)25(18(38-14(2)41)34(60-6)64-16)65-35-21(44)26(57-3)19(42)28(67-35)31(45)46/h15-30,33-36,39,42-44H,7-12H2,1-6H3,(H,37,40)(H,38,41)(H,45,46)(H,47,48)(H,51,52,53)(H,54,55,56). The lowest BCUT2D eigenvalue weighted by molar-refractivity contribution is -0.342. The van der Waals surface area contributed by atoms with Crippen molar-refractivity contribution in [3.8, 4) is 0 Å². The molecule has 0 aromatic heterocycles. The third-order valence-corrected chi connectivity index (χ3v) is 13.9. The van der Waals surface area contributed by atoms with Crippen LogP contribution in [0.1, 0.15) is 13.8 Å². The van der Waals surface area contributed by atoms with Crippen molar-refractivity contribution in [2.45, 2.75) is 137 Å². The smallest absolute Gasteiger partial charge is 0.397 e. The Kier molecular flexibility index (Phi) is 22.9. The van der Waals surface area contributed by atoms with E-state index in [2.05, 4.69) is 10.6 Å². The van der Waals surface area contributed by atoms with Crippen molar-refractivity contribution in [2.75, 3.05) is 66.4 Å². The van der Waals surface area contributed by atoms with Crippen molar-refractivity contribution in [1.29, 1.82) is 0 Å². The van der Waals surface area contributed by atoms with E-state index < -0.39 is 215 Å². The molecular weight excluding hydrogens is 1070 g/mol. The van der Waals surface area contributed by atoms with E-state index in [1.54, 1.807) is 0 Å². The van der Waals surface area contributed by atoms with E-state index in [4.69, 9.17) is 65.2 Å². The summed E-state index contributed by atoms with van der Waals surface area (Å²) in [4.78, 5) is 48.8. The Morgan fingerprint density at radius 1 is 0.534 bits per heavy atom. The number of aliphatic carboxylic acids is 2. The van der Waals surface area contributed by atoms with Crippen LogP contribution in [0.15, 0.2) is 0 Å². The Labute approximate surface area is 416 Å². The normalized spacial score (nSPS) is 37.5. The van der Waals surface area contributed by atoms with Gasteiger partial charge in [-0.1, -0.05) is 0 Å². The largest absolute Gasteiger partial charge is 0.479 e. The van der Waals surface area contributed by atoms with Crippen LogP contribution in [0.5, 0.6) is 0 Å². The summed E-state index contributed by atoms with van der Waals surface area (Å²) in [5.41, 5.74) is 0. The molecule has 4 saturated heterocycles. The zero-order valence-electron chi connectivity index (χ0n) is 39.4. The van der Waals surface area contributed by atoms with Gasteiger partial charge in [-0.15, -0.1) is 0 Å². The summed E-state index contributed by atoms with van der Waals surface area (Å²) in [5.74, 6) is -6.86. The highest BCUT2D eigenvalue weighted by atomic mass is 32.3. The molecule has 0 bridgehead atoms. The van der Waals surface area contributed by atoms with Gasteiger partial charge in [0.25, 0.3) is 0 Å². The zero-order valence-corrected chi connectivity index (χ0v) is 41.8. The van der Waals surface area contributed by atoms with Crippen LogP contribution in [0.25, 0.3) is 0 Å². The van der Waals surface area contributed by atoms with Gasteiger partial charge in [0.05, 0.1) is 37.9 Å². The molecule has 4 heterocycles. The maximum absolute atomic E-state index is 13.4. The Hall–Kier alpha value is -3.07. The van der Waals surface area contributed by atoms with Crippen molar-refractivity contribution in [2.24, 2.45) is 0 Å². The summed E-state index contributed by atoms with van der Waals surface area (Å²) in [7, 11) is -11.0.